The lowest BCUT2D eigenvalue weighted by molar-refractivity contribution is 0.00980. The number of thiol groups is 1. The van der Waals surface area contributed by atoms with E-state index in [2.05, 4.69) is 31.4 Å². The monoisotopic (exact) mass is 313 g/mol. The van der Waals surface area contributed by atoms with Crippen molar-refractivity contribution in [1.82, 2.24) is 4.90 Å². The summed E-state index contributed by atoms with van der Waals surface area (Å²) in [5.41, 5.74) is 0.0932. The normalized spacial score (nSPS) is 32.7. The third-order valence-electron chi connectivity index (χ3n) is 5.52. The minimum Gasteiger partial charge on any atom is -0.365 e. The quantitative estimate of drug-likeness (QED) is 0.545. The van der Waals surface area contributed by atoms with Gasteiger partial charge in [0.2, 0.25) is 0 Å². The Hall–Kier alpha value is 0.270. The molecule has 1 saturated heterocycles. The second kappa shape index (κ2) is 8.79. The molecule has 124 valence electrons. The van der Waals surface area contributed by atoms with Crippen LogP contribution in [0.5, 0.6) is 0 Å². The van der Waals surface area contributed by atoms with Crippen molar-refractivity contribution in [3.05, 3.63) is 0 Å². The predicted molar refractivity (Wildman–Crippen MR) is 93.9 cm³/mol. The van der Waals surface area contributed by atoms with Crippen LogP contribution < -0.4 is 0 Å². The second-order valence-electron chi connectivity index (χ2n) is 7.61. The van der Waals surface area contributed by atoms with Gasteiger partial charge in [-0.25, -0.2) is 0 Å². The summed E-state index contributed by atoms with van der Waals surface area (Å²) in [6.45, 7) is 10.8. The van der Waals surface area contributed by atoms with E-state index >= 15 is 0 Å². The Labute approximate surface area is 137 Å². The van der Waals surface area contributed by atoms with Crippen LogP contribution in [0.3, 0.4) is 0 Å². The van der Waals surface area contributed by atoms with Crippen molar-refractivity contribution in [3.8, 4) is 0 Å². The molecule has 0 radical (unpaired) electrons. The zero-order valence-corrected chi connectivity index (χ0v) is 15.2. The summed E-state index contributed by atoms with van der Waals surface area (Å²) in [6.07, 6.45) is 9.92. The molecule has 21 heavy (non-hydrogen) atoms. The fourth-order valence-corrected chi connectivity index (χ4v) is 4.22. The first-order valence-corrected chi connectivity index (χ1v) is 9.62. The number of likely N-dealkylation sites (tertiary alicyclic amines) is 1. The van der Waals surface area contributed by atoms with Crippen LogP contribution in [-0.2, 0) is 4.74 Å². The molecule has 1 aliphatic carbocycles. The van der Waals surface area contributed by atoms with E-state index in [1.807, 2.05) is 6.92 Å². The van der Waals surface area contributed by atoms with E-state index < -0.39 is 0 Å². The van der Waals surface area contributed by atoms with E-state index in [1.165, 1.54) is 64.6 Å². The van der Waals surface area contributed by atoms with Gasteiger partial charge in [-0.2, -0.15) is 0 Å². The van der Waals surface area contributed by atoms with Gasteiger partial charge in [-0.15, -0.1) is 12.6 Å². The topological polar surface area (TPSA) is 12.5 Å². The molecule has 3 heteroatoms. The number of nitrogens with zero attached hydrogens (tertiary/aromatic N) is 1. The van der Waals surface area contributed by atoms with Gasteiger partial charge in [0.05, 0.1) is 11.5 Å². The SMILES string of the molecule is CC(S)O[C@H]1CC[C@H](CCCN2CCC(C(C)C)C2)CC1. The van der Waals surface area contributed by atoms with Crippen molar-refractivity contribution in [2.24, 2.45) is 17.8 Å². The fraction of sp³-hybridized carbons (Fsp3) is 1.00. The second-order valence-corrected chi connectivity index (χ2v) is 8.34. The summed E-state index contributed by atoms with van der Waals surface area (Å²) < 4.78 is 5.82. The Bertz CT molecular complexity index is 287. The molecule has 0 aromatic carbocycles. The van der Waals surface area contributed by atoms with E-state index in [0.717, 1.165) is 17.8 Å². The van der Waals surface area contributed by atoms with Gasteiger partial charge >= 0.3 is 0 Å². The van der Waals surface area contributed by atoms with Crippen LogP contribution in [0.2, 0.25) is 0 Å². The molecule has 1 heterocycles. The first-order valence-electron chi connectivity index (χ1n) is 9.10. The maximum atomic E-state index is 5.82. The zero-order valence-electron chi connectivity index (χ0n) is 14.3. The molecule has 2 rings (SSSR count). The maximum absolute atomic E-state index is 5.82. The molecule has 1 saturated carbocycles. The van der Waals surface area contributed by atoms with E-state index in [4.69, 9.17) is 4.74 Å². The number of ether oxygens (including phenoxy) is 1. The van der Waals surface area contributed by atoms with Crippen molar-refractivity contribution in [2.45, 2.75) is 77.3 Å². The highest BCUT2D eigenvalue weighted by atomic mass is 32.1. The molecule has 0 N–H and O–H groups in total. The highest BCUT2D eigenvalue weighted by molar-refractivity contribution is 7.80. The molecule has 2 nitrogen and oxygen atoms in total. The molecule has 2 aliphatic rings. The summed E-state index contributed by atoms with van der Waals surface area (Å²) in [5.74, 6) is 2.75. The molecule has 0 aromatic heterocycles. The molecular weight excluding hydrogens is 278 g/mol. The highest BCUT2D eigenvalue weighted by Gasteiger charge is 2.25. The molecule has 2 fully saturated rings. The summed E-state index contributed by atoms with van der Waals surface area (Å²) in [5, 5.41) is 0. The highest BCUT2D eigenvalue weighted by Crippen LogP contribution is 2.31. The van der Waals surface area contributed by atoms with Crippen molar-refractivity contribution in [3.63, 3.8) is 0 Å². The van der Waals surface area contributed by atoms with Crippen LogP contribution in [0, 0.1) is 17.8 Å². The lowest BCUT2D eigenvalue weighted by atomic mass is 9.84. The van der Waals surface area contributed by atoms with Gasteiger partial charge in [-0.3, -0.25) is 0 Å². The molecule has 0 spiro atoms. The Morgan fingerprint density at radius 2 is 1.81 bits per heavy atom. The van der Waals surface area contributed by atoms with Gasteiger partial charge in [-0.1, -0.05) is 13.8 Å². The zero-order chi connectivity index (χ0) is 15.2. The maximum Gasteiger partial charge on any atom is 0.0975 e. The number of rotatable bonds is 7. The van der Waals surface area contributed by atoms with E-state index in [0.29, 0.717) is 6.10 Å². The third-order valence-corrected chi connectivity index (χ3v) is 5.64. The van der Waals surface area contributed by atoms with Crippen molar-refractivity contribution in [1.29, 1.82) is 0 Å². The Balaban J connectivity index is 1.54. The van der Waals surface area contributed by atoms with Gasteiger partial charge in [0.1, 0.15) is 0 Å². The lowest BCUT2D eigenvalue weighted by Gasteiger charge is -2.30. The number of hydrogen-bond donors (Lipinski definition) is 1. The minimum atomic E-state index is 0.0932. The minimum absolute atomic E-state index is 0.0932. The van der Waals surface area contributed by atoms with Crippen molar-refractivity contribution in [2.75, 3.05) is 19.6 Å². The van der Waals surface area contributed by atoms with Crippen LogP contribution in [0.25, 0.3) is 0 Å². The Morgan fingerprint density at radius 3 is 2.38 bits per heavy atom. The van der Waals surface area contributed by atoms with Crippen LogP contribution in [0.15, 0.2) is 0 Å². The Kier molecular flexibility index (Phi) is 7.37. The fourth-order valence-electron chi connectivity index (χ4n) is 4.05. The van der Waals surface area contributed by atoms with E-state index in [9.17, 15) is 0 Å². The summed E-state index contributed by atoms with van der Waals surface area (Å²) in [4.78, 5) is 2.70. The van der Waals surface area contributed by atoms with Gasteiger partial charge in [0.25, 0.3) is 0 Å². The molecule has 0 bridgehead atoms. The molecule has 2 atom stereocenters. The predicted octanol–water partition coefficient (Wildman–Crippen LogP) is 4.60. The molecule has 2 unspecified atom stereocenters. The molecule has 1 aliphatic heterocycles. The lowest BCUT2D eigenvalue weighted by Crippen LogP contribution is -2.26. The average Bonchev–Trinajstić information content (AvgIpc) is 2.89. The first-order chi connectivity index (χ1) is 10.0. The molecular formula is C18H35NOS. The van der Waals surface area contributed by atoms with E-state index in [1.54, 1.807) is 0 Å². The van der Waals surface area contributed by atoms with Crippen LogP contribution in [0.1, 0.15) is 65.7 Å². The van der Waals surface area contributed by atoms with Crippen LogP contribution in [0.4, 0.5) is 0 Å². The average molecular weight is 314 g/mol. The summed E-state index contributed by atoms with van der Waals surface area (Å²) in [6, 6.07) is 0. The van der Waals surface area contributed by atoms with Gasteiger partial charge in [0.15, 0.2) is 0 Å². The van der Waals surface area contributed by atoms with Gasteiger partial charge in [0, 0.05) is 6.54 Å². The Morgan fingerprint density at radius 1 is 1.10 bits per heavy atom. The largest absolute Gasteiger partial charge is 0.365 e. The number of hydrogen-bond acceptors (Lipinski definition) is 3. The molecule has 0 aromatic rings. The van der Waals surface area contributed by atoms with Crippen LogP contribution in [-0.4, -0.2) is 36.1 Å². The third kappa shape index (κ3) is 6.11. The molecule has 0 amide bonds. The van der Waals surface area contributed by atoms with Gasteiger partial charge in [-0.05, 0) is 82.7 Å². The smallest absolute Gasteiger partial charge is 0.0975 e. The van der Waals surface area contributed by atoms with Gasteiger partial charge < -0.3 is 9.64 Å². The summed E-state index contributed by atoms with van der Waals surface area (Å²) in [7, 11) is 0. The van der Waals surface area contributed by atoms with Crippen molar-refractivity contribution < 1.29 is 4.74 Å². The van der Waals surface area contributed by atoms with Crippen LogP contribution >= 0.6 is 12.6 Å². The first kappa shape index (κ1) is 17.6. The van der Waals surface area contributed by atoms with Crippen molar-refractivity contribution >= 4 is 12.6 Å². The summed E-state index contributed by atoms with van der Waals surface area (Å²) >= 11 is 4.33. The standard InChI is InChI=1S/C18H35NOS/c1-14(2)17-10-12-19(13-17)11-4-5-16-6-8-18(9-7-16)20-15(3)21/h14-18,21H,4-13H2,1-3H3/t15?,16-,17?,18-. The van der Waals surface area contributed by atoms with E-state index in [-0.39, 0.29) is 5.44 Å².